The van der Waals surface area contributed by atoms with Crippen molar-refractivity contribution in [3.63, 3.8) is 0 Å². The zero-order valence-corrected chi connectivity index (χ0v) is 21.7. The number of hydrogen-bond donors (Lipinski definition) is 1. The lowest BCUT2D eigenvalue weighted by atomic mass is 10.1. The first-order valence-corrected chi connectivity index (χ1v) is 12.1. The predicted octanol–water partition coefficient (Wildman–Crippen LogP) is 7.39. The van der Waals surface area contributed by atoms with Crippen LogP contribution in [0.15, 0.2) is 64.8 Å². The topological polar surface area (TPSA) is 58.6 Å². The predicted molar refractivity (Wildman–Crippen MR) is 138 cm³/mol. The molecule has 0 radical (unpaired) electrons. The molecule has 0 saturated carbocycles. The number of carbonyl (C=O) groups excluding carboxylic acids is 2. The lowest BCUT2D eigenvalue weighted by molar-refractivity contribution is -0.123. The molecule has 1 heterocycles. The fraction of sp³-hybridized carbons (Fsp3) is 0.120. The molecular formula is C25H18BrCl3N2O3. The highest BCUT2D eigenvalue weighted by Crippen LogP contribution is 2.36. The number of imide groups is 1. The van der Waals surface area contributed by atoms with Crippen LogP contribution in [-0.2, 0) is 17.9 Å². The van der Waals surface area contributed by atoms with Gasteiger partial charge >= 0.3 is 6.03 Å². The van der Waals surface area contributed by atoms with Gasteiger partial charge < -0.3 is 10.1 Å². The molecular weight excluding hydrogens is 563 g/mol. The number of carbonyl (C=O) groups is 2. The van der Waals surface area contributed by atoms with Gasteiger partial charge in [-0.25, -0.2) is 4.79 Å². The van der Waals surface area contributed by atoms with Crippen molar-refractivity contribution >= 4 is 68.7 Å². The van der Waals surface area contributed by atoms with Crippen LogP contribution in [0.25, 0.3) is 6.08 Å². The van der Waals surface area contributed by atoms with Crippen molar-refractivity contribution in [3.05, 3.63) is 102 Å². The molecule has 9 heteroatoms. The molecule has 3 amide bonds. The van der Waals surface area contributed by atoms with E-state index in [1.54, 1.807) is 30.3 Å². The number of nitrogens with zero attached hydrogens (tertiary/aromatic N) is 1. The lowest BCUT2D eigenvalue weighted by Gasteiger charge is -2.12. The molecule has 0 aliphatic carbocycles. The van der Waals surface area contributed by atoms with Crippen molar-refractivity contribution < 1.29 is 14.3 Å². The fourth-order valence-electron chi connectivity index (χ4n) is 3.46. The van der Waals surface area contributed by atoms with Gasteiger partial charge in [0.1, 0.15) is 12.3 Å². The fourth-order valence-corrected chi connectivity index (χ4v) is 4.77. The van der Waals surface area contributed by atoms with E-state index in [2.05, 4.69) is 21.2 Å². The summed E-state index contributed by atoms with van der Waals surface area (Å²) in [6.07, 6.45) is 1.58. The first-order chi connectivity index (χ1) is 16.2. The number of urea groups is 1. The zero-order chi connectivity index (χ0) is 24.4. The van der Waals surface area contributed by atoms with E-state index in [1.165, 1.54) is 4.90 Å². The summed E-state index contributed by atoms with van der Waals surface area (Å²) in [5, 5.41) is 3.88. The minimum absolute atomic E-state index is 0.171. The minimum Gasteiger partial charge on any atom is -0.486 e. The Morgan fingerprint density at radius 3 is 2.47 bits per heavy atom. The number of benzene rings is 3. The van der Waals surface area contributed by atoms with Gasteiger partial charge in [-0.15, -0.1) is 0 Å². The Hall–Kier alpha value is -2.51. The second-order valence-electron chi connectivity index (χ2n) is 7.72. The Kier molecular flexibility index (Phi) is 7.53. The van der Waals surface area contributed by atoms with Gasteiger partial charge in [0, 0.05) is 0 Å². The average molecular weight is 581 g/mol. The Balaban J connectivity index is 1.50. The molecule has 4 rings (SSSR count). The number of amides is 3. The minimum atomic E-state index is -0.468. The number of rotatable bonds is 6. The molecule has 0 atom stereocenters. The van der Waals surface area contributed by atoms with E-state index in [0.29, 0.717) is 30.9 Å². The van der Waals surface area contributed by atoms with Crippen LogP contribution in [0.2, 0.25) is 15.1 Å². The molecule has 0 bridgehead atoms. The van der Waals surface area contributed by atoms with E-state index in [4.69, 9.17) is 39.5 Å². The third-order valence-corrected chi connectivity index (χ3v) is 6.69. The normalized spacial score (nSPS) is 14.6. The van der Waals surface area contributed by atoms with Crippen LogP contribution in [0.5, 0.6) is 5.75 Å². The van der Waals surface area contributed by atoms with Crippen LogP contribution >= 0.6 is 50.7 Å². The van der Waals surface area contributed by atoms with Gasteiger partial charge in [-0.2, -0.15) is 0 Å². The Morgan fingerprint density at radius 2 is 1.76 bits per heavy atom. The van der Waals surface area contributed by atoms with Crippen molar-refractivity contribution in [3.8, 4) is 5.75 Å². The quantitative estimate of drug-likeness (QED) is 0.244. The van der Waals surface area contributed by atoms with Crippen molar-refractivity contribution in [2.24, 2.45) is 0 Å². The van der Waals surface area contributed by atoms with Crippen molar-refractivity contribution in [2.45, 2.75) is 20.1 Å². The third-order valence-electron chi connectivity index (χ3n) is 5.08. The molecule has 34 heavy (non-hydrogen) atoms. The molecule has 3 aromatic carbocycles. The van der Waals surface area contributed by atoms with Gasteiger partial charge in [-0.3, -0.25) is 9.69 Å². The number of ether oxygens (including phenoxy) is 1. The van der Waals surface area contributed by atoms with Gasteiger partial charge in [-0.1, -0.05) is 70.7 Å². The van der Waals surface area contributed by atoms with Crippen LogP contribution in [0.4, 0.5) is 4.79 Å². The number of hydrogen-bond acceptors (Lipinski definition) is 3. The van der Waals surface area contributed by atoms with Crippen molar-refractivity contribution in [1.29, 1.82) is 0 Å². The maximum absolute atomic E-state index is 12.8. The molecule has 3 aromatic rings. The molecule has 1 aliphatic rings. The van der Waals surface area contributed by atoms with Crippen LogP contribution in [0.1, 0.15) is 22.3 Å². The molecule has 0 aromatic heterocycles. The highest BCUT2D eigenvalue weighted by molar-refractivity contribution is 9.10. The average Bonchev–Trinajstić information content (AvgIpc) is 3.03. The largest absolute Gasteiger partial charge is 0.486 e. The Bertz CT molecular complexity index is 1300. The monoisotopic (exact) mass is 578 g/mol. The summed E-state index contributed by atoms with van der Waals surface area (Å²) in [6, 6.07) is 15.8. The van der Waals surface area contributed by atoms with Gasteiger partial charge in [0.25, 0.3) is 5.91 Å². The van der Waals surface area contributed by atoms with Crippen LogP contribution in [0.3, 0.4) is 0 Å². The standard InChI is InChI=1S/C25H18BrCl3N2O3/c1-14-3-2-4-15(7-14)12-31-24(32)22(30-25(31)33)11-17-8-18(26)23(21(29)10-17)34-13-16-5-6-19(27)20(28)9-16/h2-11H,12-13H2,1H3,(H,30,33)/b22-11+. The van der Waals surface area contributed by atoms with Crippen molar-refractivity contribution in [2.75, 3.05) is 0 Å². The first kappa shape index (κ1) is 24.6. The highest BCUT2D eigenvalue weighted by atomic mass is 79.9. The van der Waals surface area contributed by atoms with Crippen molar-refractivity contribution in [1.82, 2.24) is 10.2 Å². The SMILES string of the molecule is Cc1cccc(CN2C(=O)N/C(=C/c3cc(Cl)c(OCc4ccc(Cl)c(Cl)c4)c(Br)c3)C2=O)c1. The number of aryl methyl sites for hydroxylation is 1. The van der Waals surface area contributed by atoms with Gasteiger partial charge in [0.05, 0.1) is 26.1 Å². The van der Waals surface area contributed by atoms with Gasteiger partial charge in [-0.05, 0) is 69.9 Å². The number of halogens is 4. The summed E-state index contributed by atoms with van der Waals surface area (Å²) in [4.78, 5) is 26.4. The van der Waals surface area contributed by atoms with E-state index in [0.717, 1.165) is 16.7 Å². The summed E-state index contributed by atoms with van der Waals surface area (Å²) < 4.78 is 6.46. The van der Waals surface area contributed by atoms with Crippen LogP contribution < -0.4 is 10.1 Å². The second kappa shape index (κ2) is 10.4. The molecule has 1 aliphatic heterocycles. The van der Waals surface area contributed by atoms with Crippen LogP contribution in [0, 0.1) is 6.92 Å². The molecule has 0 spiro atoms. The van der Waals surface area contributed by atoms with E-state index < -0.39 is 11.9 Å². The zero-order valence-electron chi connectivity index (χ0n) is 17.9. The van der Waals surface area contributed by atoms with Gasteiger partial charge in [0.2, 0.25) is 0 Å². The summed E-state index contributed by atoms with van der Waals surface area (Å²) >= 11 is 21.9. The molecule has 1 saturated heterocycles. The summed E-state index contributed by atoms with van der Waals surface area (Å²) in [6.45, 7) is 2.38. The van der Waals surface area contributed by atoms with Crippen LogP contribution in [-0.4, -0.2) is 16.8 Å². The Morgan fingerprint density at radius 1 is 0.971 bits per heavy atom. The molecule has 5 nitrogen and oxygen atoms in total. The van der Waals surface area contributed by atoms with E-state index >= 15 is 0 Å². The number of nitrogens with one attached hydrogen (secondary N) is 1. The smallest absolute Gasteiger partial charge is 0.329 e. The van der Waals surface area contributed by atoms with E-state index in [-0.39, 0.29) is 18.8 Å². The third kappa shape index (κ3) is 5.58. The summed E-state index contributed by atoms with van der Waals surface area (Å²) in [5.41, 5.74) is 3.56. The van der Waals surface area contributed by atoms with E-state index in [9.17, 15) is 9.59 Å². The first-order valence-electron chi connectivity index (χ1n) is 10.2. The lowest BCUT2D eigenvalue weighted by Crippen LogP contribution is -2.30. The highest BCUT2D eigenvalue weighted by Gasteiger charge is 2.33. The molecule has 1 N–H and O–H groups in total. The second-order valence-corrected chi connectivity index (χ2v) is 9.80. The maximum Gasteiger partial charge on any atom is 0.329 e. The molecule has 0 unspecified atom stereocenters. The molecule has 174 valence electrons. The summed E-state index contributed by atoms with van der Waals surface area (Å²) in [7, 11) is 0. The van der Waals surface area contributed by atoms with E-state index in [1.807, 2.05) is 37.3 Å². The summed E-state index contributed by atoms with van der Waals surface area (Å²) in [5.74, 6) is 0.0384. The maximum atomic E-state index is 12.8. The van der Waals surface area contributed by atoms with Gasteiger partial charge in [0.15, 0.2) is 5.75 Å². The Labute approximate surface area is 220 Å². The molecule has 1 fully saturated rings.